The number of alkyl halides is 2. The summed E-state index contributed by atoms with van der Waals surface area (Å²) < 4.78 is 27.7. The van der Waals surface area contributed by atoms with Gasteiger partial charge in [-0.15, -0.1) is 0 Å². The van der Waals surface area contributed by atoms with Gasteiger partial charge < -0.3 is 31.5 Å². The number of aliphatic hydroxyl groups is 1. The number of halogens is 2. The van der Waals surface area contributed by atoms with Crippen LogP contribution in [0.25, 0.3) is 0 Å². The lowest BCUT2D eigenvalue weighted by molar-refractivity contribution is -0.161. The number of carbonyl (C=O) groups excluding carboxylic acids is 5. The second-order valence-corrected chi connectivity index (χ2v) is 6.39. The molecule has 14 heteroatoms. The summed E-state index contributed by atoms with van der Waals surface area (Å²) in [5.74, 6) is -13.0. The molecule has 0 radical (unpaired) electrons. The number of Topliss-reactive ketones (excluding diaryl/α,β-unsaturated/α-hetero) is 1. The number of aliphatic carboxylic acids is 1. The smallest absolute Gasteiger partial charge is 0.383 e. The number of carboxylic acid groups (broad SMARTS) is 1. The van der Waals surface area contributed by atoms with E-state index in [1.165, 1.54) is 12.2 Å². The average Bonchev–Trinajstić information content (AvgIpc) is 2.62. The SMILES string of the molecule is CC(=O)N[C@H](C(=O)N[C@@H](C)C(=O)N[C@@H](C)C(=O)C(F)(F)C(=O)NCC(=O)O)[C@@H](C)O. The molecule has 0 spiro atoms. The molecule has 30 heavy (non-hydrogen) atoms. The minimum absolute atomic E-state index is 0.629. The van der Waals surface area contributed by atoms with Gasteiger partial charge in [-0.25, -0.2) is 0 Å². The van der Waals surface area contributed by atoms with Gasteiger partial charge in [0.15, 0.2) is 0 Å². The van der Waals surface area contributed by atoms with Crippen molar-refractivity contribution in [2.45, 2.75) is 57.8 Å². The fraction of sp³-hybridized carbons (Fsp3) is 0.625. The average molecular weight is 438 g/mol. The summed E-state index contributed by atoms with van der Waals surface area (Å²) in [5.41, 5.74) is 0. The van der Waals surface area contributed by atoms with Gasteiger partial charge in [0.2, 0.25) is 23.5 Å². The molecule has 0 aromatic carbocycles. The van der Waals surface area contributed by atoms with Crippen LogP contribution in [-0.2, 0) is 28.8 Å². The minimum Gasteiger partial charge on any atom is -0.480 e. The van der Waals surface area contributed by atoms with E-state index in [4.69, 9.17) is 5.11 Å². The van der Waals surface area contributed by atoms with Crippen LogP contribution >= 0.6 is 0 Å². The highest BCUT2D eigenvalue weighted by Gasteiger charge is 2.49. The Morgan fingerprint density at radius 2 is 1.40 bits per heavy atom. The lowest BCUT2D eigenvalue weighted by Crippen LogP contribution is -2.58. The van der Waals surface area contributed by atoms with Crippen molar-refractivity contribution in [3.05, 3.63) is 0 Å². The number of carbonyl (C=O) groups is 6. The highest BCUT2D eigenvalue weighted by atomic mass is 19.3. The molecule has 0 rings (SSSR count). The van der Waals surface area contributed by atoms with Crippen molar-refractivity contribution < 1.29 is 47.8 Å². The van der Waals surface area contributed by atoms with E-state index in [0.717, 1.165) is 20.8 Å². The fourth-order valence-corrected chi connectivity index (χ4v) is 2.05. The normalized spacial score (nSPS) is 15.0. The Balaban J connectivity index is 4.99. The topological polar surface area (TPSA) is 191 Å². The standard InChI is InChI=1S/C16H24F2N4O8/c1-6(12(27)16(17,18)15(30)19-5-10(25)26)20-13(28)7(2)21-14(29)11(8(3)23)22-9(4)24/h6-8,11,23H,5H2,1-4H3,(H,19,30)(H,20,28)(H,21,29)(H,22,24)(H,25,26)/t6-,7-,8+,11-/m0/s1. The van der Waals surface area contributed by atoms with Crippen LogP contribution in [0.2, 0.25) is 0 Å². The van der Waals surface area contributed by atoms with Crippen LogP contribution < -0.4 is 21.3 Å². The molecule has 6 N–H and O–H groups in total. The first-order chi connectivity index (χ1) is 13.6. The second-order valence-electron chi connectivity index (χ2n) is 6.39. The van der Waals surface area contributed by atoms with Crippen LogP contribution in [0.4, 0.5) is 8.78 Å². The van der Waals surface area contributed by atoms with Crippen molar-refractivity contribution in [3.63, 3.8) is 0 Å². The van der Waals surface area contributed by atoms with E-state index >= 15 is 0 Å². The molecule has 0 unspecified atom stereocenters. The van der Waals surface area contributed by atoms with Crippen molar-refractivity contribution in [1.29, 1.82) is 0 Å². The zero-order chi connectivity index (χ0) is 23.8. The predicted molar refractivity (Wildman–Crippen MR) is 95.1 cm³/mol. The fourth-order valence-electron chi connectivity index (χ4n) is 2.05. The Morgan fingerprint density at radius 1 is 0.900 bits per heavy atom. The summed E-state index contributed by atoms with van der Waals surface area (Å²) in [6, 6.07) is -4.62. The molecule has 4 amide bonds. The summed E-state index contributed by atoms with van der Waals surface area (Å²) in [4.78, 5) is 68.7. The monoisotopic (exact) mass is 438 g/mol. The minimum atomic E-state index is -4.61. The lowest BCUT2D eigenvalue weighted by atomic mass is 10.1. The lowest BCUT2D eigenvalue weighted by Gasteiger charge is -2.24. The number of hydrogen-bond donors (Lipinski definition) is 6. The second kappa shape index (κ2) is 11.1. The van der Waals surface area contributed by atoms with E-state index in [1.54, 1.807) is 0 Å². The van der Waals surface area contributed by atoms with Gasteiger partial charge in [-0.3, -0.25) is 28.8 Å². The van der Waals surface area contributed by atoms with Crippen LogP contribution in [0.1, 0.15) is 27.7 Å². The first-order valence-corrected chi connectivity index (χ1v) is 8.59. The molecular formula is C16H24F2N4O8. The van der Waals surface area contributed by atoms with Crippen molar-refractivity contribution in [1.82, 2.24) is 21.3 Å². The Bertz CT molecular complexity index is 713. The molecule has 0 aromatic heterocycles. The van der Waals surface area contributed by atoms with Crippen LogP contribution in [0.15, 0.2) is 0 Å². The summed E-state index contributed by atoms with van der Waals surface area (Å²) in [6.07, 6.45) is -1.31. The van der Waals surface area contributed by atoms with Gasteiger partial charge in [0.1, 0.15) is 18.6 Å². The van der Waals surface area contributed by atoms with Gasteiger partial charge in [-0.2, -0.15) is 8.78 Å². The number of rotatable bonds is 11. The number of amides is 4. The number of ketones is 1. The summed E-state index contributed by atoms with van der Waals surface area (Å²) in [6.45, 7) is 3.18. The van der Waals surface area contributed by atoms with Crippen molar-refractivity contribution >= 4 is 35.4 Å². The molecule has 12 nitrogen and oxygen atoms in total. The van der Waals surface area contributed by atoms with Gasteiger partial charge in [0, 0.05) is 6.92 Å². The molecule has 0 aliphatic heterocycles. The molecular weight excluding hydrogens is 414 g/mol. The van der Waals surface area contributed by atoms with E-state index in [0.29, 0.717) is 0 Å². The van der Waals surface area contributed by atoms with Gasteiger partial charge in [-0.1, -0.05) is 0 Å². The predicted octanol–water partition coefficient (Wildman–Crippen LogP) is -2.71. The summed E-state index contributed by atoms with van der Waals surface area (Å²) in [5, 5.41) is 25.5. The molecule has 0 saturated carbocycles. The Labute approximate surface area is 169 Å². The third kappa shape index (κ3) is 8.06. The van der Waals surface area contributed by atoms with Gasteiger partial charge in [-0.05, 0) is 20.8 Å². The van der Waals surface area contributed by atoms with Crippen LogP contribution in [0, 0.1) is 0 Å². The first-order valence-electron chi connectivity index (χ1n) is 8.59. The third-order valence-corrected chi connectivity index (χ3v) is 3.62. The first kappa shape index (κ1) is 26.8. The summed E-state index contributed by atoms with van der Waals surface area (Å²) >= 11 is 0. The molecule has 4 atom stereocenters. The van der Waals surface area contributed by atoms with E-state index in [-0.39, 0.29) is 0 Å². The van der Waals surface area contributed by atoms with Gasteiger partial charge in [0.05, 0.1) is 12.1 Å². The van der Waals surface area contributed by atoms with Crippen molar-refractivity contribution in [2.24, 2.45) is 0 Å². The molecule has 0 bridgehead atoms. The maximum atomic E-state index is 13.8. The van der Waals surface area contributed by atoms with E-state index < -0.39 is 72.1 Å². The van der Waals surface area contributed by atoms with Crippen molar-refractivity contribution in [3.8, 4) is 0 Å². The molecule has 170 valence electrons. The number of carboxylic acids is 1. The molecule has 0 saturated heterocycles. The quantitative estimate of drug-likeness (QED) is 0.188. The molecule has 0 aromatic rings. The largest absolute Gasteiger partial charge is 0.480 e. The zero-order valence-corrected chi connectivity index (χ0v) is 16.6. The maximum Gasteiger partial charge on any atom is 0.383 e. The van der Waals surface area contributed by atoms with Crippen LogP contribution in [-0.4, -0.2) is 82.3 Å². The van der Waals surface area contributed by atoms with Crippen LogP contribution in [0.3, 0.4) is 0 Å². The zero-order valence-electron chi connectivity index (χ0n) is 16.6. The van der Waals surface area contributed by atoms with Gasteiger partial charge in [0.25, 0.3) is 5.91 Å². The van der Waals surface area contributed by atoms with Crippen molar-refractivity contribution in [2.75, 3.05) is 6.54 Å². The van der Waals surface area contributed by atoms with E-state index in [2.05, 4.69) is 10.6 Å². The number of nitrogens with one attached hydrogen (secondary N) is 4. The Kier molecular flexibility index (Phi) is 9.96. The highest BCUT2D eigenvalue weighted by molar-refractivity contribution is 6.10. The maximum absolute atomic E-state index is 13.8. The third-order valence-electron chi connectivity index (χ3n) is 3.62. The molecule has 0 fully saturated rings. The Morgan fingerprint density at radius 3 is 1.83 bits per heavy atom. The van der Waals surface area contributed by atoms with Gasteiger partial charge >= 0.3 is 11.9 Å². The highest BCUT2D eigenvalue weighted by Crippen LogP contribution is 2.17. The Hall–Kier alpha value is -3.16. The van der Waals surface area contributed by atoms with E-state index in [9.17, 15) is 42.7 Å². The number of hydrogen-bond acceptors (Lipinski definition) is 7. The van der Waals surface area contributed by atoms with Crippen LogP contribution in [0.5, 0.6) is 0 Å². The molecule has 0 heterocycles. The summed E-state index contributed by atoms with van der Waals surface area (Å²) in [7, 11) is 0. The number of aliphatic hydroxyl groups excluding tert-OH is 1. The molecule has 0 aliphatic carbocycles. The molecule has 0 aliphatic rings. The van der Waals surface area contributed by atoms with E-state index in [1.807, 2.05) is 5.32 Å².